The van der Waals surface area contributed by atoms with Crippen molar-refractivity contribution in [2.75, 3.05) is 13.2 Å². The minimum Gasteiger partial charge on any atom is -0.462 e. The van der Waals surface area contributed by atoms with Gasteiger partial charge < -0.3 is 9.47 Å². The number of carbonyl (C=O) groups is 2. The number of rotatable bonds is 7. The Morgan fingerprint density at radius 1 is 0.905 bits per heavy atom. The molecule has 0 aliphatic rings. The highest BCUT2D eigenvalue weighted by molar-refractivity contribution is 6.20. The average Bonchev–Trinajstić information content (AvgIpc) is 2.48. The maximum absolute atomic E-state index is 12.2. The molecule has 0 aliphatic heterocycles. The lowest BCUT2D eigenvalue weighted by atomic mass is 9.95. The van der Waals surface area contributed by atoms with Crippen LogP contribution in [0.25, 0.3) is 5.57 Å². The Balaban J connectivity index is 3.37. The zero-order chi connectivity index (χ0) is 15.7. The fourth-order valence-electron chi connectivity index (χ4n) is 2.04. The molecule has 114 valence electrons. The molecular formula is C17H22O4. The van der Waals surface area contributed by atoms with Gasteiger partial charge in [-0.05, 0) is 31.4 Å². The van der Waals surface area contributed by atoms with Gasteiger partial charge >= 0.3 is 11.9 Å². The van der Waals surface area contributed by atoms with Crippen molar-refractivity contribution >= 4 is 17.5 Å². The van der Waals surface area contributed by atoms with E-state index < -0.39 is 11.9 Å². The Bertz CT molecular complexity index is 483. The van der Waals surface area contributed by atoms with Gasteiger partial charge in [-0.15, -0.1) is 0 Å². The second-order valence-electron chi connectivity index (χ2n) is 4.41. The molecule has 0 heterocycles. The Kier molecular flexibility index (Phi) is 7.23. The molecule has 4 nitrogen and oxygen atoms in total. The van der Waals surface area contributed by atoms with Crippen LogP contribution in [0.2, 0.25) is 0 Å². The van der Waals surface area contributed by atoms with E-state index in [0.29, 0.717) is 12.0 Å². The van der Waals surface area contributed by atoms with E-state index in [-0.39, 0.29) is 18.8 Å². The van der Waals surface area contributed by atoms with E-state index in [1.807, 2.05) is 37.3 Å². The molecule has 0 aliphatic carbocycles. The first-order chi connectivity index (χ1) is 10.2. The van der Waals surface area contributed by atoms with E-state index in [0.717, 1.165) is 12.0 Å². The van der Waals surface area contributed by atoms with Crippen molar-refractivity contribution in [1.29, 1.82) is 0 Å². The van der Waals surface area contributed by atoms with Crippen molar-refractivity contribution in [3.63, 3.8) is 0 Å². The molecule has 0 aromatic heterocycles. The van der Waals surface area contributed by atoms with Gasteiger partial charge in [0.25, 0.3) is 0 Å². The molecule has 0 radical (unpaired) electrons. The number of ether oxygens (including phenoxy) is 2. The van der Waals surface area contributed by atoms with E-state index in [9.17, 15) is 9.59 Å². The summed E-state index contributed by atoms with van der Waals surface area (Å²) in [6.07, 6.45) is 1.42. The third kappa shape index (κ3) is 4.74. The molecular weight excluding hydrogens is 268 g/mol. The normalized spacial score (nSPS) is 9.86. The lowest BCUT2D eigenvalue weighted by Gasteiger charge is -2.13. The second kappa shape index (κ2) is 8.95. The number of esters is 2. The van der Waals surface area contributed by atoms with Gasteiger partial charge in [-0.1, -0.05) is 43.7 Å². The van der Waals surface area contributed by atoms with E-state index in [1.54, 1.807) is 13.8 Å². The number of carbonyl (C=O) groups excluding carboxylic acids is 2. The maximum atomic E-state index is 12.2. The fourth-order valence-corrected chi connectivity index (χ4v) is 2.04. The number of allylic oxidation sites excluding steroid dienone is 1. The molecule has 0 bridgehead atoms. The van der Waals surface area contributed by atoms with Gasteiger partial charge in [0.2, 0.25) is 0 Å². The van der Waals surface area contributed by atoms with Crippen molar-refractivity contribution in [2.45, 2.75) is 33.6 Å². The smallest absolute Gasteiger partial charge is 0.345 e. The van der Waals surface area contributed by atoms with Crippen molar-refractivity contribution in [2.24, 2.45) is 0 Å². The van der Waals surface area contributed by atoms with Gasteiger partial charge in [-0.2, -0.15) is 0 Å². The maximum Gasteiger partial charge on any atom is 0.345 e. The Morgan fingerprint density at radius 2 is 1.43 bits per heavy atom. The quantitative estimate of drug-likeness (QED) is 0.334. The highest BCUT2D eigenvalue weighted by atomic mass is 16.6. The predicted octanol–water partition coefficient (Wildman–Crippen LogP) is 3.37. The summed E-state index contributed by atoms with van der Waals surface area (Å²) < 4.78 is 10.0. The van der Waals surface area contributed by atoms with Gasteiger partial charge in [-0.25, -0.2) is 9.59 Å². The van der Waals surface area contributed by atoms with Crippen molar-refractivity contribution < 1.29 is 19.1 Å². The predicted molar refractivity (Wildman–Crippen MR) is 81.5 cm³/mol. The minimum atomic E-state index is -0.622. The zero-order valence-electron chi connectivity index (χ0n) is 12.8. The van der Waals surface area contributed by atoms with E-state index in [2.05, 4.69) is 0 Å². The van der Waals surface area contributed by atoms with Crippen LogP contribution in [0.15, 0.2) is 35.9 Å². The summed E-state index contributed by atoms with van der Waals surface area (Å²) in [6.45, 7) is 5.86. The first kappa shape index (κ1) is 17.0. The fraction of sp³-hybridized carbons (Fsp3) is 0.412. The summed E-state index contributed by atoms with van der Waals surface area (Å²) in [5.74, 6) is -1.24. The van der Waals surface area contributed by atoms with Gasteiger partial charge in [0.1, 0.15) is 5.57 Å². The van der Waals surface area contributed by atoms with Crippen molar-refractivity contribution in [1.82, 2.24) is 0 Å². The Hall–Kier alpha value is -2.10. The van der Waals surface area contributed by atoms with E-state index in [4.69, 9.17) is 9.47 Å². The first-order valence-corrected chi connectivity index (χ1v) is 7.28. The number of hydrogen-bond acceptors (Lipinski definition) is 4. The highest BCUT2D eigenvalue weighted by Gasteiger charge is 2.26. The molecule has 0 N–H and O–H groups in total. The second-order valence-corrected chi connectivity index (χ2v) is 4.41. The Morgan fingerprint density at radius 3 is 1.86 bits per heavy atom. The standard InChI is InChI=1S/C17H22O4/c1-4-10-14(13-11-8-7-9-12-13)15(16(18)20-5-2)17(19)21-6-3/h7-9,11-12H,4-6,10H2,1-3H3. The zero-order valence-corrected chi connectivity index (χ0v) is 12.8. The van der Waals surface area contributed by atoms with Crippen LogP contribution >= 0.6 is 0 Å². The van der Waals surface area contributed by atoms with Crippen LogP contribution in [-0.2, 0) is 19.1 Å². The molecule has 0 fully saturated rings. The van der Waals surface area contributed by atoms with Crippen LogP contribution < -0.4 is 0 Å². The largest absolute Gasteiger partial charge is 0.462 e. The van der Waals surface area contributed by atoms with Crippen LogP contribution in [0.1, 0.15) is 39.2 Å². The molecule has 0 amide bonds. The molecule has 21 heavy (non-hydrogen) atoms. The third-order valence-corrected chi connectivity index (χ3v) is 2.88. The van der Waals surface area contributed by atoms with Gasteiger partial charge in [-0.3, -0.25) is 0 Å². The highest BCUT2D eigenvalue weighted by Crippen LogP contribution is 2.25. The topological polar surface area (TPSA) is 52.6 Å². The molecule has 0 unspecified atom stereocenters. The molecule has 0 saturated carbocycles. The van der Waals surface area contributed by atoms with Crippen molar-refractivity contribution in [3.8, 4) is 0 Å². The lowest BCUT2D eigenvalue weighted by molar-refractivity contribution is -0.146. The molecule has 0 saturated heterocycles. The summed E-state index contributed by atoms with van der Waals surface area (Å²) in [5, 5.41) is 0. The van der Waals surface area contributed by atoms with Crippen LogP contribution in [-0.4, -0.2) is 25.2 Å². The SMILES string of the molecule is CCCC(=C(C(=O)OCC)C(=O)OCC)c1ccccc1. The molecule has 1 rings (SSSR count). The minimum absolute atomic E-state index is 0.00625. The summed E-state index contributed by atoms with van der Waals surface area (Å²) in [6, 6.07) is 9.40. The summed E-state index contributed by atoms with van der Waals surface area (Å²) >= 11 is 0. The van der Waals surface area contributed by atoms with Crippen LogP contribution in [0, 0.1) is 0 Å². The lowest BCUT2D eigenvalue weighted by Crippen LogP contribution is -2.20. The summed E-state index contributed by atoms with van der Waals surface area (Å²) in [7, 11) is 0. The van der Waals surface area contributed by atoms with Gasteiger partial charge in [0, 0.05) is 0 Å². The van der Waals surface area contributed by atoms with Crippen molar-refractivity contribution in [3.05, 3.63) is 41.5 Å². The molecule has 0 spiro atoms. The average molecular weight is 290 g/mol. The van der Waals surface area contributed by atoms with Crippen LogP contribution in [0.3, 0.4) is 0 Å². The molecule has 1 aromatic rings. The third-order valence-electron chi connectivity index (χ3n) is 2.88. The molecule has 1 aromatic carbocycles. The summed E-state index contributed by atoms with van der Waals surface area (Å²) in [4.78, 5) is 24.3. The summed E-state index contributed by atoms with van der Waals surface area (Å²) in [5.41, 5.74) is 1.53. The van der Waals surface area contributed by atoms with Gasteiger partial charge in [0.15, 0.2) is 0 Å². The van der Waals surface area contributed by atoms with Gasteiger partial charge in [0.05, 0.1) is 13.2 Å². The Labute approximate surface area is 125 Å². The van der Waals surface area contributed by atoms with Crippen LogP contribution in [0.5, 0.6) is 0 Å². The molecule has 4 heteroatoms. The monoisotopic (exact) mass is 290 g/mol. The van der Waals surface area contributed by atoms with E-state index >= 15 is 0 Å². The first-order valence-electron chi connectivity index (χ1n) is 7.28. The number of benzene rings is 1. The van der Waals surface area contributed by atoms with Crippen LogP contribution in [0.4, 0.5) is 0 Å². The van der Waals surface area contributed by atoms with E-state index in [1.165, 1.54) is 0 Å². The molecule has 0 atom stereocenters. The number of hydrogen-bond donors (Lipinski definition) is 0.